The highest BCUT2D eigenvalue weighted by atomic mass is 79.9. The van der Waals surface area contributed by atoms with Gasteiger partial charge in [0.1, 0.15) is 0 Å². The van der Waals surface area contributed by atoms with E-state index in [2.05, 4.69) is 31.5 Å². The molecule has 0 amide bonds. The Balaban J connectivity index is 1.59. The van der Waals surface area contributed by atoms with Gasteiger partial charge in [-0.3, -0.25) is 9.36 Å². The highest BCUT2D eigenvalue weighted by Crippen LogP contribution is 2.29. The zero-order valence-corrected chi connectivity index (χ0v) is 16.0. The molecule has 8 heteroatoms. The first-order chi connectivity index (χ1) is 12.0. The SMILES string of the molecule is O=c1c2cc(Cl)c(Br)cc2ncn1CC1(C[C@H]2NCCC[C@@H]2O)CN1. The maximum absolute atomic E-state index is 12.8. The smallest absolute Gasteiger partial charge is 0.261 e. The topological polar surface area (TPSA) is 89.1 Å². The summed E-state index contributed by atoms with van der Waals surface area (Å²) in [5.74, 6) is 0. The number of rotatable bonds is 4. The monoisotopic (exact) mass is 426 g/mol. The fourth-order valence-corrected chi connectivity index (χ4v) is 4.10. The Labute approximate surface area is 158 Å². The maximum atomic E-state index is 12.8. The number of nitrogens with zero attached hydrogens (tertiary/aromatic N) is 2. The lowest BCUT2D eigenvalue weighted by Crippen LogP contribution is -2.48. The van der Waals surface area contributed by atoms with Crippen LogP contribution >= 0.6 is 27.5 Å². The Hall–Kier alpha value is -0.990. The van der Waals surface area contributed by atoms with Gasteiger partial charge in [0.25, 0.3) is 5.56 Å². The van der Waals surface area contributed by atoms with Crippen molar-refractivity contribution in [3.63, 3.8) is 0 Å². The van der Waals surface area contributed by atoms with Crippen molar-refractivity contribution in [2.45, 2.75) is 43.5 Å². The van der Waals surface area contributed by atoms with Gasteiger partial charge in [0.15, 0.2) is 0 Å². The molecule has 0 saturated carbocycles. The summed E-state index contributed by atoms with van der Waals surface area (Å²) in [4.78, 5) is 17.2. The van der Waals surface area contributed by atoms with Gasteiger partial charge in [-0.15, -0.1) is 0 Å². The van der Waals surface area contributed by atoms with Crippen molar-refractivity contribution in [1.29, 1.82) is 0 Å². The van der Waals surface area contributed by atoms with E-state index in [0.29, 0.717) is 22.5 Å². The molecule has 134 valence electrons. The number of hydrogen-bond acceptors (Lipinski definition) is 5. The van der Waals surface area contributed by atoms with Crippen LogP contribution in [-0.2, 0) is 6.54 Å². The van der Waals surface area contributed by atoms with Crippen LogP contribution in [0.1, 0.15) is 19.3 Å². The van der Waals surface area contributed by atoms with Gasteiger partial charge in [-0.2, -0.15) is 0 Å². The highest BCUT2D eigenvalue weighted by molar-refractivity contribution is 9.10. The van der Waals surface area contributed by atoms with Crippen LogP contribution in [0.4, 0.5) is 0 Å². The third-order valence-electron chi connectivity index (χ3n) is 5.17. The van der Waals surface area contributed by atoms with E-state index in [0.717, 1.165) is 36.8 Å². The van der Waals surface area contributed by atoms with Crippen molar-refractivity contribution in [1.82, 2.24) is 20.2 Å². The molecule has 1 unspecified atom stereocenters. The van der Waals surface area contributed by atoms with Crippen LogP contribution in [0.25, 0.3) is 10.9 Å². The van der Waals surface area contributed by atoms with Crippen molar-refractivity contribution in [2.24, 2.45) is 0 Å². The summed E-state index contributed by atoms with van der Waals surface area (Å²) in [7, 11) is 0. The van der Waals surface area contributed by atoms with E-state index >= 15 is 0 Å². The van der Waals surface area contributed by atoms with Crippen LogP contribution in [-0.4, -0.2) is 45.4 Å². The van der Waals surface area contributed by atoms with E-state index < -0.39 is 0 Å². The number of aliphatic hydroxyl groups is 1. The number of nitrogens with one attached hydrogen (secondary N) is 2. The molecule has 1 aromatic heterocycles. The quantitative estimate of drug-likeness (QED) is 0.646. The van der Waals surface area contributed by atoms with Crippen LogP contribution in [0.3, 0.4) is 0 Å². The minimum Gasteiger partial charge on any atom is -0.392 e. The van der Waals surface area contributed by atoms with Crippen molar-refractivity contribution in [3.05, 3.63) is 38.3 Å². The van der Waals surface area contributed by atoms with Gasteiger partial charge in [-0.25, -0.2) is 4.98 Å². The Morgan fingerprint density at radius 2 is 2.28 bits per heavy atom. The summed E-state index contributed by atoms with van der Waals surface area (Å²) in [6.07, 6.45) is 3.90. The van der Waals surface area contributed by atoms with Crippen molar-refractivity contribution in [2.75, 3.05) is 13.1 Å². The van der Waals surface area contributed by atoms with Crippen molar-refractivity contribution in [3.8, 4) is 0 Å². The number of fused-ring (bicyclic) bond motifs is 1. The van der Waals surface area contributed by atoms with Gasteiger partial charge in [0.05, 0.1) is 33.9 Å². The predicted molar refractivity (Wildman–Crippen MR) is 101 cm³/mol. The van der Waals surface area contributed by atoms with E-state index in [1.54, 1.807) is 23.0 Å². The third-order valence-corrected chi connectivity index (χ3v) is 6.37. The summed E-state index contributed by atoms with van der Waals surface area (Å²) >= 11 is 9.49. The molecule has 4 rings (SSSR count). The number of aliphatic hydroxyl groups excluding tert-OH is 1. The van der Waals surface area contributed by atoms with E-state index in [9.17, 15) is 9.90 Å². The highest BCUT2D eigenvalue weighted by Gasteiger charge is 2.45. The average molecular weight is 428 g/mol. The predicted octanol–water partition coefficient (Wildman–Crippen LogP) is 1.66. The second-order valence-electron chi connectivity index (χ2n) is 7.07. The zero-order chi connectivity index (χ0) is 17.6. The Bertz CT molecular complexity index is 868. The van der Waals surface area contributed by atoms with Crippen LogP contribution < -0.4 is 16.2 Å². The summed E-state index contributed by atoms with van der Waals surface area (Å²) in [5, 5.41) is 18.0. The lowest BCUT2D eigenvalue weighted by Gasteiger charge is -2.31. The molecule has 6 nitrogen and oxygen atoms in total. The minimum absolute atomic E-state index is 0.0678. The molecule has 3 heterocycles. The Kier molecular flexibility index (Phi) is 4.62. The lowest BCUT2D eigenvalue weighted by atomic mass is 9.91. The Morgan fingerprint density at radius 1 is 1.48 bits per heavy atom. The molecule has 0 aliphatic carbocycles. The maximum Gasteiger partial charge on any atom is 0.261 e. The molecule has 0 bridgehead atoms. The molecule has 3 atom stereocenters. The second kappa shape index (κ2) is 6.63. The molecule has 0 spiro atoms. The van der Waals surface area contributed by atoms with Crippen LogP contribution in [0.5, 0.6) is 0 Å². The van der Waals surface area contributed by atoms with Gasteiger partial charge >= 0.3 is 0 Å². The second-order valence-corrected chi connectivity index (χ2v) is 8.33. The van der Waals surface area contributed by atoms with Gasteiger partial charge in [0.2, 0.25) is 0 Å². The molecule has 2 aromatic rings. The first-order valence-corrected chi connectivity index (χ1v) is 9.65. The van der Waals surface area contributed by atoms with Crippen LogP contribution in [0.2, 0.25) is 5.02 Å². The lowest BCUT2D eigenvalue weighted by molar-refractivity contribution is 0.0859. The number of halogens is 2. The molecule has 2 saturated heterocycles. The fourth-order valence-electron chi connectivity index (χ4n) is 3.60. The standard InChI is InChI=1S/C17H20BrClN4O2/c18-11-5-13-10(4-12(11)19)16(25)23(9-21-13)8-17(7-22-17)6-14-15(24)2-1-3-20-14/h4-5,9,14-15,20,22,24H,1-3,6-8H2/t14-,15+,17?/m1/s1. The average Bonchev–Trinajstić information content (AvgIpc) is 3.34. The third kappa shape index (κ3) is 3.48. The van der Waals surface area contributed by atoms with Gasteiger partial charge in [0, 0.05) is 23.6 Å². The molecule has 3 N–H and O–H groups in total. The van der Waals surface area contributed by atoms with Crippen LogP contribution in [0, 0.1) is 0 Å². The Morgan fingerprint density at radius 3 is 3.00 bits per heavy atom. The molecule has 2 fully saturated rings. The van der Waals surface area contributed by atoms with Gasteiger partial charge in [-0.05, 0) is 53.9 Å². The fraction of sp³-hybridized carbons (Fsp3) is 0.529. The molecular weight excluding hydrogens is 408 g/mol. The van der Waals surface area contributed by atoms with E-state index in [1.165, 1.54) is 0 Å². The minimum atomic E-state index is -0.323. The summed E-state index contributed by atoms with van der Waals surface area (Å²) in [6.45, 7) is 2.31. The molecule has 2 aliphatic rings. The first kappa shape index (κ1) is 17.4. The zero-order valence-electron chi connectivity index (χ0n) is 13.6. The van der Waals surface area contributed by atoms with Crippen molar-refractivity contribution < 1.29 is 5.11 Å². The van der Waals surface area contributed by atoms with E-state index in [-0.39, 0.29) is 23.2 Å². The number of hydrogen-bond donors (Lipinski definition) is 3. The normalized spacial score (nSPS) is 29.1. The molecular formula is C17H20BrClN4O2. The van der Waals surface area contributed by atoms with Gasteiger partial charge < -0.3 is 15.7 Å². The van der Waals surface area contributed by atoms with Gasteiger partial charge in [-0.1, -0.05) is 11.6 Å². The first-order valence-electron chi connectivity index (χ1n) is 8.48. The largest absolute Gasteiger partial charge is 0.392 e. The number of benzene rings is 1. The van der Waals surface area contributed by atoms with E-state index in [4.69, 9.17) is 11.6 Å². The summed E-state index contributed by atoms with van der Waals surface area (Å²) in [5.41, 5.74) is 0.373. The number of piperidine rings is 1. The van der Waals surface area contributed by atoms with E-state index in [1.807, 2.05) is 0 Å². The molecule has 1 aromatic carbocycles. The number of aromatic nitrogens is 2. The summed E-state index contributed by atoms with van der Waals surface area (Å²) < 4.78 is 2.37. The molecule has 25 heavy (non-hydrogen) atoms. The van der Waals surface area contributed by atoms with Crippen molar-refractivity contribution >= 4 is 38.4 Å². The summed E-state index contributed by atoms with van der Waals surface area (Å²) in [6, 6.07) is 3.49. The molecule has 2 aliphatic heterocycles. The van der Waals surface area contributed by atoms with Crippen LogP contribution in [0.15, 0.2) is 27.7 Å². The molecule has 0 radical (unpaired) electrons.